The topological polar surface area (TPSA) is 54.9 Å². The van der Waals surface area contributed by atoms with Gasteiger partial charge in [-0.3, -0.25) is 0 Å². The monoisotopic (exact) mass is 347 g/mol. The Labute approximate surface area is 147 Å². The van der Waals surface area contributed by atoms with Crippen LogP contribution in [0.5, 0.6) is 5.75 Å². The zero-order valence-electron chi connectivity index (χ0n) is 14.2. The Kier molecular flexibility index (Phi) is 8.13. The van der Waals surface area contributed by atoms with E-state index in [-0.39, 0.29) is 0 Å². The van der Waals surface area contributed by atoms with Gasteiger partial charge in [-0.1, -0.05) is 6.07 Å². The summed E-state index contributed by atoms with van der Waals surface area (Å²) in [6, 6.07) is 9.99. The molecule has 0 aliphatic rings. The highest BCUT2D eigenvalue weighted by Crippen LogP contribution is 2.17. The van der Waals surface area contributed by atoms with Crippen molar-refractivity contribution < 1.29 is 9.47 Å². The van der Waals surface area contributed by atoms with E-state index in [1.807, 2.05) is 24.3 Å². The fraction of sp³-hybridized carbons (Fsp3) is 0.389. The maximum atomic E-state index is 5.73. The third-order valence-electron chi connectivity index (χ3n) is 3.20. The summed E-state index contributed by atoms with van der Waals surface area (Å²) < 4.78 is 10.8. The summed E-state index contributed by atoms with van der Waals surface area (Å²) in [5.41, 5.74) is 2.16. The first-order chi connectivity index (χ1) is 11.8. The summed E-state index contributed by atoms with van der Waals surface area (Å²) in [6.45, 7) is 4.87. The number of hydrogen-bond acceptors (Lipinski definition) is 4. The second kappa shape index (κ2) is 10.7. The van der Waals surface area contributed by atoms with Crippen molar-refractivity contribution in [3.63, 3.8) is 0 Å². The lowest BCUT2D eigenvalue weighted by Crippen LogP contribution is -2.30. The molecule has 1 aromatic carbocycles. The number of methoxy groups -OCH3 is 1. The van der Waals surface area contributed by atoms with Crippen LogP contribution in [-0.2, 0) is 11.3 Å². The summed E-state index contributed by atoms with van der Waals surface area (Å²) in [6.07, 6.45) is 0.874. The average Bonchev–Trinajstić information content (AvgIpc) is 3.11. The van der Waals surface area contributed by atoms with Gasteiger partial charge in [-0.05, 0) is 41.4 Å². The molecule has 0 atom stereocenters. The van der Waals surface area contributed by atoms with Gasteiger partial charge in [0.05, 0.1) is 13.2 Å². The Bertz CT molecular complexity index is 614. The molecule has 130 valence electrons. The summed E-state index contributed by atoms with van der Waals surface area (Å²) in [4.78, 5) is 4.61. The van der Waals surface area contributed by atoms with E-state index in [4.69, 9.17) is 9.47 Å². The largest absolute Gasteiger partial charge is 0.493 e. The minimum absolute atomic E-state index is 0.642. The Morgan fingerprint density at radius 2 is 2.17 bits per heavy atom. The fourth-order valence-corrected chi connectivity index (χ4v) is 2.71. The molecule has 0 bridgehead atoms. The van der Waals surface area contributed by atoms with E-state index in [0.29, 0.717) is 19.8 Å². The van der Waals surface area contributed by atoms with Crippen LogP contribution in [0.25, 0.3) is 0 Å². The molecule has 5 nitrogen and oxygen atoms in total. The van der Waals surface area contributed by atoms with Gasteiger partial charge >= 0.3 is 0 Å². The van der Waals surface area contributed by atoms with E-state index in [9.17, 15) is 0 Å². The van der Waals surface area contributed by atoms with Crippen LogP contribution in [0.4, 0.5) is 5.69 Å². The van der Waals surface area contributed by atoms with Crippen molar-refractivity contribution in [1.82, 2.24) is 5.32 Å². The van der Waals surface area contributed by atoms with Crippen molar-refractivity contribution in [1.29, 1.82) is 0 Å². The Morgan fingerprint density at radius 1 is 1.25 bits per heavy atom. The number of thiophene rings is 1. The summed E-state index contributed by atoms with van der Waals surface area (Å²) in [5.74, 6) is 1.60. The molecule has 2 N–H and O–H groups in total. The van der Waals surface area contributed by atoms with Gasteiger partial charge in [0.15, 0.2) is 5.96 Å². The van der Waals surface area contributed by atoms with Crippen LogP contribution in [0, 0.1) is 0 Å². The zero-order valence-corrected chi connectivity index (χ0v) is 15.1. The number of hydrogen-bond donors (Lipinski definition) is 2. The molecule has 0 unspecified atom stereocenters. The number of aliphatic imine (C=N–C) groups is 1. The SMILES string of the molecule is CCNC(=NCc1ccsc1)Nc1cccc(OCCCOC)c1. The average molecular weight is 347 g/mol. The quantitative estimate of drug-likeness (QED) is 0.412. The molecule has 6 heteroatoms. The number of rotatable bonds is 9. The van der Waals surface area contributed by atoms with E-state index in [1.165, 1.54) is 5.56 Å². The Hall–Kier alpha value is -2.05. The maximum absolute atomic E-state index is 5.73. The molecule has 0 amide bonds. The first kappa shape index (κ1) is 18.3. The molecular weight excluding hydrogens is 322 g/mol. The Balaban J connectivity index is 1.94. The van der Waals surface area contributed by atoms with Crippen LogP contribution in [0.15, 0.2) is 46.1 Å². The molecule has 2 rings (SSSR count). The van der Waals surface area contributed by atoms with Gasteiger partial charge in [0, 0.05) is 38.4 Å². The van der Waals surface area contributed by atoms with Crippen LogP contribution < -0.4 is 15.4 Å². The summed E-state index contributed by atoms with van der Waals surface area (Å²) in [5, 5.41) is 10.8. The Morgan fingerprint density at radius 3 is 2.92 bits per heavy atom. The number of anilines is 1. The van der Waals surface area contributed by atoms with Crippen molar-refractivity contribution in [3.05, 3.63) is 46.7 Å². The molecule has 0 saturated heterocycles. The lowest BCUT2D eigenvalue weighted by molar-refractivity contribution is 0.172. The third-order valence-corrected chi connectivity index (χ3v) is 3.93. The number of nitrogens with zero attached hydrogens (tertiary/aromatic N) is 1. The summed E-state index contributed by atoms with van der Waals surface area (Å²) >= 11 is 1.69. The minimum atomic E-state index is 0.642. The highest BCUT2D eigenvalue weighted by Gasteiger charge is 2.02. The number of guanidine groups is 1. The second-order valence-electron chi connectivity index (χ2n) is 5.17. The standard InChI is InChI=1S/C18H25N3O2S/c1-3-19-18(20-13-15-8-11-24-14-15)21-16-6-4-7-17(12-16)23-10-5-9-22-2/h4,6-8,11-12,14H,3,5,9-10,13H2,1-2H3,(H2,19,20,21). The van der Waals surface area contributed by atoms with Crippen molar-refractivity contribution in [2.45, 2.75) is 19.9 Å². The molecule has 0 aliphatic heterocycles. The van der Waals surface area contributed by atoms with Crippen molar-refractivity contribution in [2.24, 2.45) is 4.99 Å². The number of nitrogens with one attached hydrogen (secondary N) is 2. The van der Waals surface area contributed by atoms with E-state index in [1.54, 1.807) is 18.4 Å². The molecule has 24 heavy (non-hydrogen) atoms. The van der Waals surface area contributed by atoms with Crippen LogP contribution in [0.3, 0.4) is 0 Å². The highest BCUT2D eigenvalue weighted by molar-refractivity contribution is 7.07. The number of benzene rings is 1. The lowest BCUT2D eigenvalue weighted by Gasteiger charge is -2.12. The fourth-order valence-electron chi connectivity index (χ4n) is 2.05. The predicted octanol–water partition coefficient (Wildman–Crippen LogP) is 3.74. The van der Waals surface area contributed by atoms with Gasteiger partial charge in [0.2, 0.25) is 0 Å². The van der Waals surface area contributed by atoms with Crippen LogP contribution in [0.1, 0.15) is 18.9 Å². The molecule has 0 aliphatic carbocycles. The molecule has 0 saturated carbocycles. The van der Waals surface area contributed by atoms with Gasteiger partial charge in [-0.25, -0.2) is 4.99 Å². The van der Waals surface area contributed by atoms with Gasteiger partial charge in [0.25, 0.3) is 0 Å². The van der Waals surface area contributed by atoms with E-state index < -0.39 is 0 Å². The molecule has 1 aromatic heterocycles. The van der Waals surface area contributed by atoms with E-state index in [2.05, 4.69) is 39.4 Å². The normalized spacial score (nSPS) is 11.3. The smallest absolute Gasteiger partial charge is 0.196 e. The van der Waals surface area contributed by atoms with Crippen molar-refractivity contribution >= 4 is 23.0 Å². The van der Waals surface area contributed by atoms with Crippen molar-refractivity contribution in [3.8, 4) is 5.75 Å². The highest BCUT2D eigenvalue weighted by atomic mass is 32.1. The molecule has 1 heterocycles. The van der Waals surface area contributed by atoms with Gasteiger partial charge in [-0.15, -0.1) is 0 Å². The van der Waals surface area contributed by atoms with Crippen LogP contribution in [0.2, 0.25) is 0 Å². The predicted molar refractivity (Wildman–Crippen MR) is 101 cm³/mol. The first-order valence-electron chi connectivity index (χ1n) is 8.10. The van der Waals surface area contributed by atoms with Gasteiger partial charge in [-0.2, -0.15) is 11.3 Å². The van der Waals surface area contributed by atoms with Crippen molar-refractivity contribution in [2.75, 3.05) is 32.2 Å². The van der Waals surface area contributed by atoms with E-state index >= 15 is 0 Å². The maximum Gasteiger partial charge on any atom is 0.196 e. The van der Waals surface area contributed by atoms with E-state index in [0.717, 1.165) is 30.4 Å². The lowest BCUT2D eigenvalue weighted by atomic mass is 10.3. The van der Waals surface area contributed by atoms with Crippen LogP contribution >= 0.6 is 11.3 Å². The summed E-state index contributed by atoms with van der Waals surface area (Å²) in [7, 11) is 1.70. The molecular formula is C18H25N3O2S. The van der Waals surface area contributed by atoms with Gasteiger partial charge in [0.1, 0.15) is 5.75 Å². The molecule has 0 spiro atoms. The van der Waals surface area contributed by atoms with Crippen LogP contribution in [-0.4, -0.2) is 32.8 Å². The molecule has 2 aromatic rings. The molecule has 0 radical (unpaired) electrons. The third kappa shape index (κ3) is 6.60. The molecule has 0 fully saturated rings. The second-order valence-corrected chi connectivity index (χ2v) is 5.95. The number of ether oxygens (including phenoxy) is 2. The minimum Gasteiger partial charge on any atom is -0.493 e. The van der Waals surface area contributed by atoms with Gasteiger partial charge < -0.3 is 20.1 Å². The zero-order chi connectivity index (χ0) is 17.0. The first-order valence-corrected chi connectivity index (χ1v) is 9.04.